The zero-order chi connectivity index (χ0) is 15.5. The predicted octanol–water partition coefficient (Wildman–Crippen LogP) is 0.846. The minimum atomic E-state index is 0.0180. The molecule has 0 aromatic heterocycles. The number of carbonyl (C=O) groups excluding carboxylic acids is 1. The Hall–Kier alpha value is -1.63. The van der Waals surface area contributed by atoms with E-state index < -0.39 is 0 Å². The number of carbonyl (C=O) groups is 1. The molecule has 1 saturated heterocycles. The van der Waals surface area contributed by atoms with E-state index in [1.807, 2.05) is 0 Å². The molecule has 2 N–H and O–H groups in total. The maximum Gasteiger partial charge on any atom is 0.236 e. The molecule has 1 unspecified atom stereocenters. The smallest absolute Gasteiger partial charge is 0.236 e. The molecule has 0 bridgehead atoms. The van der Waals surface area contributed by atoms with Crippen molar-refractivity contribution >= 4 is 5.91 Å². The second kappa shape index (κ2) is 10.1. The lowest BCUT2D eigenvalue weighted by Gasteiger charge is -2.36. The fraction of sp³-hybridized carbons (Fsp3) is 0.800. The van der Waals surface area contributed by atoms with Gasteiger partial charge in [0.2, 0.25) is 5.91 Å². The molecular formula is C15H25N5O. The van der Waals surface area contributed by atoms with Gasteiger partial charge < -0.3 is 10.6 Å². The van der Waals surface area contributed by atoms with Gasteiger partial charge in [0.25, 0.3) is 0 Å². The summed E-state index contributed by atoms with van der Waals surface area (Å²) >= 11 is 0. The van der Waals surface area contributed by atoms with Crippen LogP contribution in [0.25, 0.3) is 0 Å². The van der Waals surface area contributed by atoms with Crippen molar-refractivity contribution in [3.63, 3.8) is 0 Å². The van der Waals surface area contributed by atoms with E-state index in [-0.39, 0.29) is 5.91 Å². The van der Waals surface area contributed by atoms with Gasteiger partial charge in [-0.1, -0.05) is 6.42 Å². The molecule has 116 valence electrons. The van der Waals surface area contributed by atoms with Gasteiger partial charge in [-0.3, -0.25) is 9.69 Å². The Morgan fingerprint density at radius 1 is 1.24 bits per heavy atom. The number of likely N-dealkylation sites (tertiary alicyclic amines) is 1. The van der Waals surface area contributed by atoms with Crippen LogP contribution in [0.3, 0.4) is 0 Å². The number of hydrogen-bond acceptors (Lipinski definition) is 5. The summed E-state index contributed by atoms with van der Waals surface area (Å²) in [6.07, 6.45) is 4.95. The van der Waals surface area contributed by atoms with E-state index in [9.17, 15) is 4.79 Å². The Bertz CT molecular complexity index is 378. The zero-order valence-corrected chi connectivity index (χ0v) is 12.6. The second-order valence-corrected chi connectivity index (χ2v) is 5.39. The molecule has 0 radical (unpaired) electrons. The first-order valence-electron chi connectivity index (χ1n) is 7.68. The Morgan fingerprint density at radius 3 is 2.48 bits per heavy atom. The van der Waals surface area contributed by atoms with Gasteiger partial charge >= 0.3 is 0 Å². The third-order valence-electron chi connectivity index (χ3n) is 3.93. The lowest BCUT2D eigenvalue weighted by Crippen LogP contribution is -2.47. The van der Waals surface area contributed by atoms with E-state index >= 15 is 0 Å². The van der Waals surface area contributed by atoms with Gasteiger partial charge in [0.1, 0.15) is 0 Å². The number of hydrogen-bond donors (Lipinski definition) is 1. The maximum atomic E-state index is 12.4. The fourth-order valence-electron chi connectivity index (χ4n) is 2.79. The van der Waals surface area contributed by atoms with E-state index in [1.54, 1.807) is 4.90 Å². The van der Waals surface area contributed by atoms with Crippen molar-refractivity contribution in [1.29, 1.82) is 10.5 Å². The first-order valence-corrected chi connectivity index (χ1v) is 7.68. The number of nitrogens with two attached hydrogens (primary N) is 1. The van der Waals surface area contributed by atoms with Crippen LogP contribution in [0.1, 0.15) is 38.5 Å². The van der Waals surface area contributed by atoms with Crippen LogP contribution in [-0.4, -0.2) is 54.5 Å². The highest BCUT2D eigenvalue weighted by Crippen LogP contribution is 2.19. The van der Waals surface area contributed by atoms with Gasteiger partial charge in [0, 0.05) is 19.1 Å². The van der Waals surface area contributed by atoms with Crippen LogP contribution >= 0.6 is 0 Å². The fourth-order valence-corrected chi connectivity index (χ4v) is 2.79. The predicted molar refractivity (Wildman–Crippen MR) is 79.9 cm³/mol. The SMILES string of the molecule is N#CCCN(CCC#N)C(=O)CN1CCCCC1CCN. The van der Waals surface area contributed by atoms with Crippen LogP contribution in [0.5, 0.6) is 0 Å². The van der Waals surface area contributed by atoms with Gasteiger partial charge in [0.15, 0.2) is 0 Å². The Balaban J connectivity index is 2.56. The van der Waals surface area contributed by atoms with Gasteiger partial charge in [0.05, 0.1) is 31.5 Å². The van der Waals surface area contributed by atoms with Crippen LogP contribution in [0.2, 0.25) is 0 Å². The first kappa shape index (κ1) is 17.4. The monoisotopic (exact) mass is 291 g/mol. The van der Waals surface area contributed by atoms with Crippen molar-refractivity contribution < 1.29 is 4.79 Å². The summed E-state index contributed by atoms with van der Waals surface area (Å²) in [6, 6.07) is 4.50. The Kier molecular flexibility index (Phi) is 8.42. The summed E-state index contributed by atoms with van der Waals surface area (Å²) in [4.78, 5) is 16.3. The molecule has 0 aliphatic carbocycles. The third-order valence-corrected chi connectivity index (χ3v) is 3.93. The van der Waals surface area contributed by atoms with Crippen LogP contribution in [0.15, 0.2) is 0 Å². The second-order valence-electron chi connectivity index (χ2n) is 5.39. The molecule has 1 aliphatic heterocycles. The van der Waals surface area contributed by atoms with Gasteiger partial charge in [-0.25, -0.2) is 0 Å². The quantitative estimate of drug-likeness (QED) is 0.715. The van der Waals surface area contributed by atoms with E-state index in [1.165, 1.54) is 6.42 Å². The Labute approximate surface area is 127 Å². The summed E-state index contributed by atoms with van der Waals surface area (Å²) in [5, 5.41) is 17.4. The average Bonchev–Trinajstić information content (AvgIpc) is 2.49. The number of nitriles is 2. The molecule has 0 saturated carbocycles. The normalized spacial score (nSPS) is 18.7. The molecule has 0 spiro atoms. The van der Waals surface area contributed by atoms with Crippen molar-refractivity contribution in [3.05, 3.63) is 0 Å². The highest BCUT2D eigenvalue weighted by Gasteiger charge is 2.25. The standard InChI is InChI=1S/C15H25N5O/c16-7-3-11-19(12-4-8-17)15(21)13-20-10-2-1-5-14(20)6-9-18/h14H,1-6,9-13,18H2. The average molecular weight is 291 g/mol. The van der Waals surface area contributed by atoms with Gasteiger partial charge in [-0.15, -0.1) is 0 Å². The van der Waals surface area contributed by atoms with Crippen LogP contribution in [0, 0.1) is 22.7 Å². The summed E-state index contributed by atoms with van der Waals surface area (Å²) in [7, 11) is 0. The molecule has 1 rings (SSSR count). The van der Waals surface area contributed by atoms with E-state index in [0.717, 1.165) is 25.8 Å². The number of nitrogens with zero attached hydrogens (tertiary/aromatic N) is 4. The topological polar surface area (TPSA) is 97.1 Å². The molecule has 1 aliphatic rings. The summed E-state index contributed by atoms with van der Waals surface area (Å²) in [5.74, 6) is 0.0180. The van der Waals surface area contributed by atoms with Crippen molar-refractivity contribution in [1.82, 2.24) is 9.80 Å². The molecule has 1 atom stereocenters. The van der Waals surface area contributed by atoms with E-state index in [0.29, 0.717) is 45.1 Å². The van der Waals surface area contributed by atoms with Crippen molar-refractivity contribution in [2.45, 2.75) is 44.6 Å². The summed E-state index contributed by atoms with van der Waals surface area (Å²) in [5.41, 5.74) is 5.65. The molecule has 0 aromatic carbocycles. The van der Waals surface area contributed by atoms with Crippen LogP contribution < -0.4 is 5.73 Å². The minimum Gasteiger partial charge on any atom is -0.340 e. The summed E-state index contributed by atoms with van der Waals surface area (Å²) in [6.45, 7) is 2.77. The molecule has 6 heteroatoms. The lowest BCUT2D eigenvalue weighted by atomic mass is 9.99. The van der Waals surface area contributed by atoms with Gasteiger partial charge in [-0.2, -0.15) is 10.5 Å². The molecule has 1 heterocycles. The van der Waals surface area contributed by atoms with E-state index in [2.05, 4.69) is 17.0 Å². The molecule has 6 nitrogen and oxygen atoms in total. The largest absolute Gasteiger partial charge is 0.340 e. The Morgan fingerprint density at radius 2 is 1.90 bits per heavy atom. The van der Waals surface area contributed by atoms with Gasteiger partial charge in [-0.05, 0) is 32.4 Å². The molecular weight excluding hydrogens is 266 g/mol. The number of amides is 1. The minimum absolute atomic E-state index is 0.0180. The lowest BCUT2D eigenvalue weighted by molar-refractivity contribution is -0.133. The number of piperidine rings is 1. The molecule has 0 aromatic rings. The maximum absolute atomic E-state index is 12.4. The molecule has 21 heavy (non-hydrogen) atoms. The highest BCUT2D eigenvalue weighted by atomic mass is 16.2. The first-order chi connectivity index (χ1) is 10.2. The molecule has 1 fully saturated rings. The van der Waals surface area contributed by atoms with Crippen LogP contribution in [-0.2, 0) is 4.79 Å². The van der Waals surface area contributed by atoms with Crippen molar-refractivity contribution in [2.24, 2.45) is 5.73 Å². The van der Waals surface area contributed by atoms with E-state index in [4.69, 9.17) is 16.3 Å². The highest BCUT2D eigenvalue weighted by molar-refractivity contribution is 5.78. The zero-order valence-electron chi connectivity index (χ0n) is 12.6. The summed E-state index contributed by atoms with van der Waals surface area (Å²) < 4.78 is 0. The van der Waals surface area contributed by atoms with Crippen molar-refractivity contribution in [2.75, 3.05) is 32.7 Å². The third kappa shape index (κ3) is 6.12. The van der Waals surface area contributed by atoms with Crippen molar-refractivity contribution in [3.8, 4) is 12.1 Å². The molecule has 1 amide bonds. The van der Waals surface area contributed by atoms with Crippen LogP contribution in [0.4, 0.5) is 0 Å². The number of rotatable bonds is 8.